The van der Waals surface area contributed by atoms with Gasteiger partial charge >= 0.3 is 0 Å². The van der Waals surface area contributed by atoms with Gasteiger partial charge < -0.3 is 4.90 Å². The summed E-state index contributed by atoms with van der Waals surface area (Å²) in [6.07, 6.45) is 0.856. The van der Waals surface area contributed by atoms with E-state index in [1.165, 1.54) is 0 Å². The first-order valence-corrected chi connectivity index (χ1v) is 8.78. The highest BCUT2D eigenvalue weighted by Gasteiger charge is 2.31. The highest BCUT2D eigenvalue weighted by molar-refractivity contribution is 7.89. The van der Waals surface area contributed by atoms with Crippen LogP contribution < -0.4 is 0 Å². The standard InChI is InChI=1S/C14H21ClN2O2S/c1-12-11-16(2)7-4-8-17(12)20(18,19)14-6-3-5-13(9-14)10-15/h3,5-6,9,12H,4,7-8,10-11H2,1-2H3. The first-order valence-electron chi connectivity index (χ1n) is 6.80. The number of halogens is 1. The molecule has 0 saturated carbocycles. The Balaban J connectivity index is 2.33. The molecule has 0 spiro atoms. The Kier molecular flexibility index (Phi) is 5.07. The Morgan fingerprint density at radius 2 is 2.10 bits per heavy atom. The number of likely N-dealkylation sites (N-methyl/N-ethyl adjacent to an activating group) is 1. The number of benzene rings is 1. The van der Waals surface area contributed by atoms with Crippen molar-refractivity contribution in [2.24, 2.45) is 0 Å². The maximum absolute atomic E-state index is 12.8. The second kappa shape index (κ2) is 6.43. The van der Waals surface area contributed by atoms with Crippen LogP contribution in [-0.2, 0) is 15.9 Å². The Hall–Kier alpha value is -0.620. The molecule has 0 aromatic heterocycles. The predicted molar refractivity (Wildman–Crippen MR) is 81.5 cm³/mol. The van der Waals surface area contributed by atoms with E-state index in [9.17, 15) is 8.42 Å². The lowest BCUT2D eigenvalue weighted by Gasteiger charge is -2.27. The van der Waals surface area contributed by atoms with Crippen molar-refractivity contribution in [3.05, 3.63) is 29.8 Å². The van der Waals surface area contributed by atoms with Crippen LogP contribution in [0.15, 0.2) is 29.2 Å². The smallest absolute Gasteiger partial charge is 0.243 e. The summed E-state index contributed by atoms with van der Waals surface area (Å²) in [5, 5.41) is 0. The zero-order valence-electron chi connectivity index (χ0n) is 11.9. The van der Waals surface area contributed by atoms with Crippen LogP contribution in [-0.4, -0.2) is 50.3 Å². The van der Waals surface area contributed by atoms with Crippen molar-refractivity contribution in [2.45, 2.75) is 30.2 Å². The largest absolute Gasteiger partial charge is 0.305 e. The average Bonchev–Trinajstić information content (AvgIpc) is 2.59. The molecule has 1 aliphatic heterocycles. The zero-order valence-corrected chi connectivity index (χ0v) is 13.5. The first kappa shape index (κ1) is 15.8. The molecule has 0 radical (unpaired) electrons. The number of nitrogens with zero attached hydrogens (tertiary/aromatic N) is 2. The number of hydrogen-bond donors (Lipinski definition) is 0. The van der Waals surface area contributed by atoms with E-state index in [-0.39, 0.29) is 6.04 Å². The number of sulfonamides is 1. The fraction of sp³-hybridized carbons (Fsp3) is 0.571. The third-order valence-electron chi connectivity index (χ3n) is 3.65. The Morgan fingerprint density at radius 3 is 2.80 bits per heavy atom. The van der Waals surface area contributed by atoms with Crippen molar-refractivity contribution in [1.82, 2.24) is 9.21 Å². The summed E-state index contributed by atoms with van der Waals surface area (Å²) in [7, 11) is -1.41. The Morgan fingerprint density at radius 1 is 1.35 bits per heavy atom. The van der Waals surface area contributed by atoms with Gasteiger partial charge in [0.15, 0.2) is 0 Å². The van der Waals surface area contributed by atoms with Gasteiger partial charge in [-0.3, -0.25) is 0 Å². The average molecular weight is 317 g/mol. The van der Waals surface area contributed by atoms with Gasteiger partial charge in [-0.25, -0.2) is 8.42 Å². The molecule has 6 heteroatoms. The molecule has 0 amide bonds. The van der Waals surface area contributed by atoms with Crippen molar-refractivity contribution in [2.75, 3.05) is 26.7 Å². The molecule has 0 aliphatic carbocycles. The van der Waals surface area contributed by atoms with Gasteiger partial charge in [-0.1, -0.05) is 12.1 Å². The lowest BCUT2D eigenvalue weighted by atomic mass is 10.2. The van der Waals surface area contributed by atoms with E-state index in [4.69, 9.17) is 11.6 Å². The van der Waals surface area contributed by atoms with Crippen LogP contribution in [0.4, 0.5) is 0 Å². The molecule has 1 aromatic carbocycles. The Bertz CT molecular complexity index is 562. The quantitative estimate of drug-likeness (QED) is 0.802. The van der Waals surface area contributed by atoms with E-state index in [1.807, 2.05) is 20.0 Å². The van der Waals surface area contributed by atoms with Crippen LogP contribution in [0.5, 0.6) is 0 Å². The molecule has 20 heavy (non-hydrogen) atoms. The topological polar surface area (TPSA) is 40.6 Å². The van der Waals surface area contributed by atoms with E-state index in [0.717, 1.165) is 25.1 Å². The summed E-state index contributed by atoms with van der Waals surface area (Å²) in [6.45, 7) is 4.22. The molecule has 1 unspecified atom stereocenters. The normalized spacial score (nSPS) is 22.6. The predicted octanol–water partition coefficient (Wildman–Crippen LogP) is 2.14. The molecule has 4 nitrogen and oxygen atoms in total. The minimum absolute atomic E-state index is 0.0212. The fourth-order valence-corrected chi connectivity index (χ4v) is 4.53. The van der Waals surface area contributed by atoms with Crippen molar-refractivity contribution in [1.29, 1.82) is 0 Å². The van der Waals surface area contributed by atoms with Crippen molar-refractivity contribution < 1.29 is 8.42 Å². The van der Waals surface area contributed by atoms with E-state index in [1.54, 1.807) is 22.5 Å². The molecule has 0 bridgehead atoms. The van der Waals surface area contributed by atoms with E-state index >= 15 is 0 Å². The lowest BCUT2D eigenvalue weighted by Crippen LogP contribution is -2.41. The van der Waals surface area contributed by atoms with Crippen LogP contribution in [0.1, 0.15) is 18.9 Å². The van der Waals surface area contributed by atoms with E-state index in [2.05, 4.69) is 4.90 Å². The van der Waals surface area contributed by atoms with Gasteiger partial charge in [0.25, 0.3) is 0 Å². The molecule has 112 valence electrons. The maximum atomic E-state index is 12.8. The highest BCUT2D eigenvalue weighted by atomic mass is 35.5. The zero-order chi connectivity index (χ0) is 14.8. The molecular weight excluding hydrogens is 296 g/mol. The molecule has 1 heterocycles. The van der Waals surface area contributed by atoms with Gasteiger partial charge in [-0.2, -0.15) is 4.31 Å². The summed E-state index contributed by atoms with van der Waals surface area (Å²) in [5.41, 5.74) is 0.826. The molecule has 1 saturated heterocycles. The third-order valence-corrected chi connectivity index (χ3v) is 5.96. The van der Waals surface area contributed by atoms with Crippen LogP contribution in [0.2, 0.25) is 0 Å². The van der Waals surface area contributed by atoms with Crippen LogP contribution in [0, 0.1) is 0 Å². The first-order chi connectivity index (χ1) is 9.45. The third kappa shape index (κ3) is 3.34. The van der Waals surface area contributed by atoms with Gasteiger partial charge in [0.05, 0.1) is 4.90 Å². The second-order valence-electron chi connectivity index (χ2n) is 5.36. The molecule has 1 fully saturated rings. The van der Waals surface area contributed by atoms with Crippen LogP contribution in [0.3, 0.4) is 0 Å². The van der Waals surface area contributed by atoms with Gasteiger partial charge in [-0.05, 0) is 44.6 Å². The SMILES string of the molecule is CC1CN(C)CCCN1S(=O)(=O)c1cccc(CCl)c1. The minimum atomic E-state index is -3.44. The number of alkyl halides is 1. The molecule has 2 rings (SSSR count). The summed E-state index contributed by atoms with van der Waals surface area (Å²) >= 11 is 5.79. The van der Waals surface area contributed by atoms with Crippen molar-refractivity contribution in [3.63, 3.8) is 0 Å². The maximum Gasteiger partial charge on any atom is 0.243 e. The molecule has 1 aliphatic rings. The second-order valence-corrected chi connectivity index (χ2v) is 7.52. The summed E-state index contributed by atoms with van der Waals surface area (Å²) < 4.78 is 27.2. The summed E-state index contributed by atoms with van der Waals surface area (Å²) in [6, 6.07) is 6.88. The van der Waals surface area contributed by atoms with Crippen LogP contribution >= 0.6 is 11.6 Å². The van der Waals surface area contributed by atoms with Crippen molar-refractivity contribution in [3.8, 4) is 0 Å². The van der Waals surface area contributed by atoms with Crippen LogP contribution in [0.25, 0.3) is 0 Å². The highest BCUT2D eigenvalue weighted by Crippen LogP contribution is 2.22. The molecule has 0 N–H and O–H groups in total. The van der Waals surface area contributed by atoms with Gasteiger partial charge in [-0.15, -0.1) is 11.6 Å². The number of hydrogen-bond acceptors (Lipinski definition) is 3. The van der Waals surface area contributed by atoms with Gasteiger partial charge in [0, 0.05) is 25.0 Å². The van der Waals surface area contributed by atoms with Crippen molar-refractivity contribution >= 4 is 21.6 Å². The molecule has 1 aromatic rings. The van der Waals surface area contributed by atoms with E-state index < -0.39 is 10.0 Å². The summed E-state index contributed by atoms with van der Waals surface area (Å²) in [5.74, 6) is 0.321. The summed E-state index contributed by atoms with van der Waals surface area (Å²) in [4.78, 5) is 2.52. The van der Waals surface area contributed by atoms with E-state index in [0.29, 0.717) is 17.3 Å². The number of rotatable bonds is 3. The molecular formula is C14H21ClN2O2S. The lowest BCUT2D eigenvalue weighted by molar-refractivity contribution is 0.290. The molecule has 1 atom stereocenters. The van der Waals surface area contributed by atoms with Gasteiger partial charge in [0.1, 0.15) is 0 Å². The Labute approximate surface area is 126 Å². The van der Waals surface area contributed by atoms with Gasteiger partial charge in [0.2, 0.25) is 10.0 Å². The monoisotopic (exact) mass is 316 g/mol. The minimum Gasteiger partial charge on any atom is -0.305 e. The fourth-order valence-electron chi connectivity index (χ4n) is 2.63.